The molecule has 4 aliphatic rings. The number of benzene rings is 1. The predicted molar refractivity (Wildman–Crippen MR) is 229 cm³/mol. The Bertz CT molecular complexity index is 1770. The highest BCUT2D eigenvalue weighted by Crippen LogP contribution is 2.39. The molecule has 3 N–H and O–H groups in total. The standard InChI is InChI=1S/C48H70F2N2O10/c1-9-33-23-28(3)42(50)29(4)24-40(58-7)44-41(59-8)25-31(6)48(57,62-44)45(54)46(55)52-21-11-10-12-37(52)47(56)61-43(27(2)13-20-38(33)53)30(5)22-32-14-19-36(51)39(26-32)60-35-17-15-34(49)16-18-35/h15-18,22-23,27,29,31-33,36-37,39-44,57H,9-14,19-21,24-26,51H2,1-8H3. The fraction of sp³-hybridized carbons (Fsp3) is 0.708. The second kappa shape index (κ2) is 21.9. The maximum Gasteiger partial charge on any atom is 0.329 e. The number of aliphatic hydroxyl groups is 1. The lowest BCUT2D eigenvalue weighted by Gasteiger charge is -2.47. The molecule has 0 radical (unpaired) electrons. The van der Waals surface area contributed by atoms with Crippen LogP contribution in [0.2, 0.25) is 0 Å². The molecular formula is C48H70F2N2O10. The van der Waals surface area contributed by atoms with E-state index in [2.05, 4.69) is 6.08 Å². The summed E-state index contributed by atoms with van der Waals surface area (Å²) in [5, 5.41) is 12.1. The van der Waals surface area contributed by atoms with Crippen LogP contribution in [-0.2, 0) is 38.1 Å². The van der Waals surface area contributed by atoms with Crippen molar-refractivity contribution in [1.29, 1.82) is 0 Å². The summed E-state index contributed by atoms with van der Waals surface area (Å²) < 4.78 is 60.2. The molecule has 5 rings (SSSR count). The number of nitrogens with zero attached hydrogens (tertiary/aromatic N) is 1. The lowest BCUT2D eigenvalue weighted by atomic mass is 9.81. The predicted octanol–water partition coefficient (Wildman–Crippen LogP) is 6.99. The van der Waals surface area contributed by atoms with Crippen molar-refractivity contribution in [3.8, 4) is 5.75 Å². The molecule has 1 aromatic carbocycles. The molecule has 2 saturated heterocycles. The minimum Gasteiger partial charge on any atom is -0.489 e. The van der Waals surface area contributed by atoms with E-state index >= 15 is 4.39 Å². The molecule has 1 saturated carbocycles. The van der Waals surface area contributed by atoms with Crippen LogP contribution in [0, 0.1) is 35.4 Å². The average Bonchev–Trinajstić information content (AvgIpc) is 3.26. The van der Waals surface area contributed by atoms with E-state index in [1.54, 1.807) is 39.0 Å². The first-order valence-electron chi connectivity index (χ1n) is 22.6. The zero-order valence-electron chi connectivity index (χ0n) is 37.9. The number of esters is 1. The Kier molecular flexibility index (Phi) is 17.5. The van der Waals surface area contributed by atoms with Crippen LogP contribution in [-0.4, -0.2) is 109 Å². The maximum atomic E-state index is 16.3. The van der Waals surface area contributed by atoms with Gasteiger partial charge in [-0.15, -0.1) is 0 Å². The number of carbonyl (C=O) groups excluding carboxylic acids is 4. The average molecular weight is 873 g/mol. The third kappa shape index (κ3) is 11.6. The summed E-state index contributed by atoms with van der Waals surface area (Å²) in [6, 6.07) is 4.45. The fourth-order valence-corrected chi connectivity index (χ4v) is 9.91. The van der Waals surface area contributed by atoms with Gasteiger partial charge in [0.25, 0.3) is 11.7 Å². The molecule has 3 heterocycles. The van der Waals surface area contributed by atoms with Gasteiger partial charge in [0.15, 0.2) is 0 Å². The number of Topliss-reactive ketones (excluding diaryl/α,β-unsaturated/α-hetero) is 2. The molecule has 14 atom stereocenters. The van der Waals surface area contributed by atoms with Gasteiger partial charge in [0.1, 0.15) is 47.9 Å². The van der Waals surface area contributed by atoms with Crippen molar-refractivity contribution >= 4 is 23.4 Å². The zero-order valence-corrected chi connectivity index (χ0v) is 37.9. The Hall–Kier alpha value is -3.56. The molecule has 12 nitrogen and oxygen atoms in total. The molecule has 2 bridgehead atoms. The number of cyclic esters (lactones) is 1. The number of ketones is 2. The zero-order chi connectivity index (χ0) is 45.5. The number of hydrogen-bond acceptors (Lipinski definition) is 11. The van der Waals surface area contributed by atoms with E-state index in [1.165, 1.54) is 31.3 Å². The normalized spacial score (nSPS) is 37.7. The topological polar surface area (TPSA) is 164 Å². The molecule has 0 spiro atoms. The fourth-order valence-electron chi connectivity index (χ4n) is 9.91. The van der Waals surface area contributed by atoms with E-state index in [1.807, 2.05) is 20.8 Å². The van der Waals surface area contributed by atoms with Crippen molar-refractivity contribution < 1.29 is 56.7 Å². The van der Waals surface area contributed by atoms with E-state index in [0.717, 1.165) is 12.0 Å². The Labute approximate surface area is 366 Å². The molecule has 14 heteroatoms. The van der Waals surface area contributed by atoms with Crippen molar-refractivity contribution in [3.63, 3.8) is 0 Å². The number of piperidine rings is 1. The van der Waals surface area contributed by atoms with Crippen molar-refractivity contribution in [2.24, 2.45) is 35.3 Å². The van der Waals surface area contributed by atoms with Gasteiger partial charge >= 0.3 is 5.97 Å². The number of amides is 1. The van der Waals surface area contributed by atoms with Gasteiger partial charge in [0.05, 0.1) is 12.2 Å². The second-order valence-corrected chi connectivity index (χ2v) is 18.4. The number of alkyl halides is 1. The van der Waals surface area contributed by atoms with Crippen molar-refractivity contribution in [2.75, 3.05) is 20.8 Å². The van der Waals surface area contributed by atoms with Crippen LogP contribution in [0.15, 0.2) is 47.6 Å². The number of rotatable bonds is 7. The number of methoxy groups -OCH3 is 2. The third-order valence-electron chi connectivity index (χ3n) is 13.9. The molecule has 0 aromatic heterocycles. The summed E-state index contributed by atoms with van der Waals surface area (Å²) in [5.41, 5.74) is 7.65. The molecule has 1 aromatic rings. The summed E-state index contributed by atoms with van der Waals surface area (Å²) in [4.78, 5) is 58.0. The molecule has 1 amide bonds. The minimum absolute atomic E-state index is 0.00520. The first-order valence-corrected chi connectivity index (χ1v) is 22.6. The molecule has 14 unspecified atom stereocenters. The van der Waals surface area contributed by atoms with Crippen molar-refractivity contribution in [2.45, 2.75) is 167 Å². The van der Waals surface area contributed by atoms with Crippen LogP contribution in [0.1, 0.15) is 112 Å². The number of halogens is 2. The quantitative estimate of drug-likeness (QED) is 0.165. The Morgan fingerprint density at radius 3 is 2.29 bits per heavy atom. The number of hydrogen-bond donors (Lipinski definition) is 2. The molecule has 1 aliphatic carbocycles. The lowest BCUT2D eigenvalue weighted by Crippen LogP contribution is -2.64. The summed E-state index contributed by atoms with van der Waals surface area (Å²) >= 11 is 0. The van der Waals surface area contributed by atoms with Gasteiger partial charge in [0.2, 0.25) is 5.79 Å². The smallest absolute Gasteiger partial charge is 0.329 e. The van der Waals surface area contributed by atoms with Crippen LogP contribution in [0.3, 0.4) is 0 Å². The maximum absolute atomic E-state index is 16.3. The molecular weight excluding hydrogens is 803 g/mol. The van der Waals surface area contributed by atoms with Crippen molar-refractivity contribution in [3.05, 3.63) is 53.4 Å². The first-order chi connectivity index (χ1) is 29.4. The van der Waals surface area contributed by atoms with Gasteiger partial charge in [-0.3, -0.25) is 14.4 Å². The van der Waals surface area contributed by atoms with Crippen LogP contribution >= 0.6 is 0 Å². The Morgan fingerprint density at radius 1 is 0.952 bits per heavy atom. The van der Waals surface area contributed by atoms with E-state index in [-0.39, 0.29) is 67.8 Å². The monoisotopic (exact) mass is 872 g/mol. The first kappa shape index (κ1) is 49.5. The highest BCUT2D eigenvalue weighted by Gasteiger charge is 2.56. The SMILES string of the molecule is CCC1C=C(C)C(F)C(C)CC(OC)C2OC(O)(C(=O)C(=O)N3CCCCC3C(=O)OC(C(C)=CC3CCC(N)C(Oc4ccc(F)cc4)C3)C(C)CCC1=O)C(C)CC2OC. The highest BCUT2D eigenvalue weighted by molar-refractivity contribution is 6.39. The number of carbonyl (C=O) groups is 4. The largest absolute Gasteiger partial charge is 0.489 e. The summed E-state index contributed by atoms with van der Waals surface area (Å²) in [6.45, 7) is 10.8. The molecule has 3 aliphatic heterocycles. The number of nitrogens with two attached hydrogens (primary N) is 1. The van der Waals surface area contributed by atoms with Gasteiger partial charge in [-0.1, -0.05) is 39.8 Å². The third-order valence-corrected chi connectivity index (χ3v) is 13.9. The Balaban J connectivity index is 1.49. The van der Waals surface area contributed by atoms with Gasteiger partial charge < -0.3 is 39.4 Å². The van der Waals surface area contributed by atoms with Gasteiger partial charge in [-0.05, 0) is 131 Å². The van der Waals surface area contributed by atoms with Gasteiger partial charge in [-0.25, -0.2) is 13.6 Å². The van der Waals surface area contributed by atoms with Gasteiger partial charge in [-0.2, -0.15) is 0 Å². The van der Waals surface area contributed by atoms with Crippen LogP contribution in [0.5, 0.6) is 5.75 Å². The van der Waals surface area contributed by atoms with Crippen molar-refractivity contribution in [1.82, 2.24) is 4.90 Å². The van der Waals surface area contributed by atoms with Crippen LogP contribution < -0.4 is 10.5 Å². The highest BCUT2D eigenvalue weighted by atomic mass is 19.1. The number of fused-ring (bicyclic) bond motifs is 3. The van der Waals surface area contributed by atoms with E-state index < -0.39 is 77.8 Å². The molecule has 346 valence electrons. The summed E-state index contributed by atoms with van der Waals surface area (Å²) in [6.07, 6.45) is 3.20. The molecule has 62 heavy (non-hydrogen) atoms. The molecule has 3 fully saturated rings. The van der Waals surface area contributed by atoms with Crippen LogP contribution in [0.4, 0.5) is 8.78 Å². The minimum atomic E-state index is -2.59. The van der Waals surface area contributed by atoms with Crippen LogP contribution in [0.25, 0.3) is 0 Å². The number of allylic oxidation sites excluding steroid dienone is 3. The van der Waals surface area contributed by atoms with E-state index in [0.29, 0.717) is 49.8 Å². The van der Waals surface area contributed by atoms with Gasteiger partial charge in [0, 0.05) is 45.1 Å². The van der Waals surface area contributed by atoms with E-state index in [4.69, 9.17) is 29.4 Å². The van der Waals surface area contributed by atoms with E-state index in [9.17, 15) is 28.7 Å². The lowest BCUT2D eigenvalue weighted by molar-refractivity contribution is -0.302. The second-order valence-electron chi connectivity index (χ2n) is 18.4. The number of ether oxygens (including phenoxy) is 5. The Morgan fingerprint density at radius 2 is 1.63 bits per heavy atom. The summed E-state index contributed by atoms with van der Waals surface area (Å²) in [5.74, 6) is -7.87. The summed E-state index contributed by atoms with van der Waals surface area (Å²) in [7, 11) is 2.91.